The molecule has 2 aromatic carbocycles. The van der Waals surface area contributed by atoms with Gasteiger partial charge in [0.15, 0.2) is 0 Å². The van der Waals surface area contributed by atoms with Crippen LogP contribution in [0.5, 0.6) is 5.75 Å². The van der Waals surface area contributed by atoms with E-state index >= 15 is 0 Å². The predicted octanol–water partition coefficient (Wildman–Crippen LogP) is 2.75. The van der Waals surface area contributed by atoms with Crippen LogP contribution < -0.4 is 4.74 Å². The lowest BCUT2D eigenvalue weighted by Gasteiger charge is -2.35. The Bertz CT molecular complexity index is 817. The average Bonchev–Trinajstić information content (AvgIpc) is 2.71. The monoisotopic (exact) mass is 370 g/mol. The SMILES string of the molecule is COc1ccccc1CCC(=O)N1CCN(C(=O)c2cccc(F)c2)CC1. The van der Waals surface area contributed by atoms with Crippen LogP contribution in [-0.4, -0.2) is 54.9 Å². The Kier molecular flexibility index (Phi) is 6.06. The van der Waals surface area contributed by atoms with Crippen molar-refractivity contribution in [3.8, 4) is 5.75 Å². The first-order chi connectivity index (χ1) is 13.1. The molecule has 2 aromatic rings. The number of benzene rings is 2. The normalized spacial score (nSPS) is 14.1. The number of nitrogens with zero attached hydrogens (tertiary/aromatic N) is 2. The van der Waals surface area contributed by atoms with Gasteiger partial charge in [-0.15, -0.1) is 0 Å². The molecule has 0 bridgehead atoms. The van der Waals surface area contributed by atoms with Gasteiger partial charge in [-0.25, -0.2) is 4.39 Å². The number of hydrogen-bond acceptors (Lipinski definition) is 3. The van der Waals surface area contributed by atoms with Crippen LogP contribution in [0, 0.1) is 5.82 Å². The quantitative estimate of drug-likeness (QED) is 0.813. The molecule has 0 aromatic heterocycles. The second-order valence-corrected chi connectivity index (χ2v) is 6.50. The molecule has 27 heavy (non-hydrogen) atoms. The third kappa shape index (κ3) is 4.64. The summed E-state index contributed by atoms with van der Waals surface area (Å²) >= 11 is 0. The molecule has 0 atom stereocenters. The Balaban J connectivity index is 1.51. The summed E-state index contributed by atoms with van der Waals surface area (Å²) in [7, 11) is 1.62. The Morgan fingerprint density at radius 1 is 1.00 bits per heavy atom. The largest absolute Gasteiger partial charge is 0.496 e. The zero-order valence-corrected chi connectivity index (χ0v) is 15.4. The molecule has 0 radical (unpaired) electrons. The van der Waals surface area contributed by atoms with Crippen LogP contribution in [0.15, 0.2) is 48.5 Å². The Morgan fingerprint density at radius 3 is 2.41 bits per heavy atom. The van der Waals surface area contributed by atoms with Gasteiger partial charge >= 0.3 is 0 Å². The van der Waals surface area contributed by atoms with E-state index in [1.807, 2.05) is 24.3 Å². The minimum absolute atomic E-state index is 0.0683. The standard InChI is InChI=1S/C21H23FN2O3/c1-27-19-8-3-2-5-16(19)9-10-20(25)23-11-13-24(14-12-23)21(26)17-6-4-7-18(22)15-17/h2-8,15H,9-14H2,1H3. The molecule has 2 amide bonds. The lowest BCUT2D eigenvalue weighted by atomic mass is 10.1. The van der Waals surface area contributed by atoms with E-state index in [-0.39, 0.29) is 11.8 Å². The summed E-state index contributed by atoms with van der Waals surface area (Å²) < 4.78 is 18.6. The summed E-state index contributed by atoms with van der Waals surface area (Å²) in [5, 5.41) is 0. The van der Waals surface area contributed by atoms with Crippen LogP contribution in [0.3, 0.4) is 0 Å². The minimum Gasteiger partial charge on any atom is -0.496 e. The summed E-state index contributed by atoms with van der Waals surface area (Å²) in [4.78, 5) is 28.4. The van der Waals surface area contributed by atoms with Crippen LogP contribution in [0.25, 0.3) is 0 Å². The smallest absolute Gasteiger partial charge is 0.254 e. The van der Waals surface area contributed by atoms with Crippen LogP contribution in [0.2, 0.25) is 0 Å². The molecule has 6 heteroatoms. The number of piperazine rings is 1. The van der Waals surface area contributed by atoms with Crippen molar-refractivity contribution in [1.82, 2.24) is 9.80 Å². The molecule has 142 valence electrons. The van der Waals surface area contributed by atoms with Gasteiger partial charge in [0.05, 0.1) is 7.11 Å². The van der Waals surface area contributed by atoms with Crippen molar-refractivity contribution < 1.29 is 18.7 Å². The summed E-state index contributed by atoms with van der Waals surface area (Å²) in [5.41, 5.74) is 1.35. The van der Waals surface area contributed by atoms with Gasteiger partial charge < -0.3 is 14.5 Å². The van der Waals surface area contributed by atoms with E-state index in [2.05, 4.69) is 0 Å². The predicted molar refractivity (Wildman–Crippen MR) is 100 cm³/mol. The highest BCUT2D eigenvalue weighted by Crippen LogP contribution is 2.19. The fraction of sp³-hybridized carbons (Fsp3) is 0.333. The number of halogens is 1. The molecule has 1 saturated heterocycles. The lowest BCUT2D eigenvalue weighted by Crippen LogP contribution is -2.50. The Morgan fingerprint density at radius 2 is 1.70 bits per heavy atom. The van der Waals surface area contributed by atoms with E-state index in [1.165, 1.54) is 18.2 Å². The fourth-order valence-electron chi connectivity index (χ4n) is 3.27. The second kappa shape index (κ2) is 8.66. The van der Waals surface area contributed by atoms with Gasteiger partial charge in [0.25, 0.3) is 5.91 Å². The van der Waals surface area contributed by atoms with Crippen molar-refractivity contribution in [3.05, 3.63) is 65.5 Å². The van der Waals surface area contributed by atoms with Crippen LogP contribution >= 0.6 is 0 Å². The maximum absolute atomic E-state index is 13.3. The number of para-hydroxylation sites is 1. The van der Waals surface area contributed by atoms with E-state index in [1.54, 1.807) is 23.0 Å². The van der Waals surface area contributed by atoms with Crippen molar-refractivity contribution >= 4 is 11.8 Å². The highest BCUT2D eigenvalue weighted by molar-refractivity contribution is 5.94. The topological polar surface area (TPSA) is 49.9 Å². The van der Waals surface area contributed by atoms with Gasteiger partial charge in [-0.1, -0.05) is 24.3 Å². The summed E-state index contributed by atoms with van der Waals surface area (Å²) in [6, 6.07) is 13.4. The molecular weight excluding hydrogens is 347 g/mol. The number of hydrogen-bond donors (Lipinski definition) is 0. The van der Waals surface area contributed by atoms with E-state index in [0.717, 1.165) is 11.3 Å². The van der Waals surface area contributed by atoms with E-state index in [0.29, 0.717) is 44.6 Å². The fourth-order valence-corrected chi connectivity index (χ4v) is 3.27. The van der Waals surface area contributed by atoms with E-state index < -0.39 is 5.82 Å². The van der Waals surface area contributed by atoms with Crippen LogP contribution in [0.4, 0.5) is 4.39 Å². The second-order valence-electron chi connectivity index (χ2n) is 6.50. The molecule has 0 N–H and O–H groups in total. The number of carbonyl (C=O) groups is 2. The molecule has 1 heterocycles. The van der Waals surface area contributed by atoms with Crippen LogP contribution in [0.1, 0.15) is 22.3 Å². The highest BCUT2D eigenvalue weighted by atomic mass is 19.1. The third-order valence-electron chi connectivity index (χ3n) is 4.79. The minimum atomic E-state index is -0.425. The van der Waals surface area contributed by atoms with Crippen molar-refractivity contribution in [2.24, 2.45) is 0 Å². The Hall–Kier alpha value is -2.89. The van der Waals surface area contributed by atoms with Crippen molar-refractivity contribution in [2.75, 3.05) is 33.3 Å². The summed E-state index contributed by atoms with van der Waals surface area (Å²) in [6.07, 6.45) is 1.02. The average molecular weight is 370 g/mol. The van der Waals surface area contributed by atoms with Crippen molar-refractivity contribution in [2.45, 2.75) is 12.8 Å². The van der Waals surface area contributed by atoms with Gasteiger partial charge in [-0.05, 0) is 36.2 Å². The third-order valence-corrected chi connectivity index (χ3v) is 4.79. The van der Waals surface area contributed by atoms with Crippen molar-refractivity contribution in [1.29, 1.82) is 0 Å². The molecule has 0 spiro atoms. The van der Waals surface area contributed by atoms with Gasteiger partial charge in [0.2, 0.25) is 5.91 Å². The zero-order valence-electron chi connectivity index (χ0n) is 15.4. The van der Waals surface area contributed by atoms with Gasteiger partial charge in [0.1, 0.15) is 11.6 Å². The maximum Gasteiger partial charge on any atom is 0.254 e. The molecule has 0 aliphatic carbocycles. The van der Waals surface area contributed by atoms with Gasteiger partial charge in [-0.2, -0.15) is 0 Å². The molecule has 1 aliphatic heterocycles. The number of aryl methyl sites for hydroxylation is 1. The maximum atomic E-state index is 13.3. The molecule has 1 aliphatic rings. The number of carbonyl (C=O) groups excluding carboxylic acids is 2. The summed E-state index contributed by atoms with van der Waals surface area (Å²) in [5.74, 6) is 0.233. The number of methoxy groups -OCH3 is 1. The first kappa shape index (κ1) is 18.9. The lowest BCUT2D eigenvalue weighted by molar-refractivity contribution is -0.132. The molecule has 1 fully saturated rings. The molecule has 3 rings (SSSR count). The van der Waals surface area contributed by atoms with Crippen molar-refractivity contribution in [3.63, 3.8) is 0 Å². The molecular formula is C21H23FN2O3. The van der Waals surface area contributed by atoms with E-state index in [9.17, 15) is 14.0 Å². The molecule has 5 nitrogen and oxygen atoms in total. The first-order valence-corrected chi connectivity index (χ1v) is 9.03. The highest BCUT2D eigenvalue weighted by Gasteiger charge is 2.25. The van der Waals surface area contributed by atoms with Gasteiger partial charge in [-0.3, -0.25) is 9.59 Å². The number of rotatable bonds is 5. The summed E-state index contributed by atoms with van der Waals surface area (Å²) in [6.45, 7) is 1.89. The zero-order chi connectivity index (χ0) is 19.2. The molecule has 0 unspecified atom stereocenters. The number of amides is 2. The number of ether oxygens (including phenoxy) is 1. The van der Waals surface area contributed by atoms with E-state index in [4.69, 9.17) is 4.74 Å². The Labute approximate surface area is 158 Å². The van der Waals surface area contributed by atoms with Crippen LogP contribution in [-0.2, 0) is 11.2 Å². The first-order valence-electron chi connectivity index (χ1n) is 9.03. The van der Waals surface area contributed by atoms with Gasteiger partial charge in [0, 0.05) is 38.2 Å². The molecule has 0 saturated carbocycles.